The fourth-order valence-corrected chi connectivity index (χ4v) is 2.59. The molecule has 8 nitrogen and oxygen atoms in total. The van der Waals surface area contributed by atoms with Crippen molar-refractivity contribution in [3.8, 4) is 0 Å². The van der Waals surface area contributed by atoms with Gasteiger partial charge < -0.3 is 25.5 Å². The summed E-state index contributed by atoms with van der Waals surface area (Å²) in [5.41, 5.74) is -0.370. The van der Waals surface area contributed by atoms with Crippen LogP contribution in [0.25, 0.3) is 0 Å². The summed E-state index contributed by atoms with van der Waals surface area (Å²) in [5, 5.41) is 27.0. The fraction of sp³-hybridized carbons (Fsp3) is 0.438. The van der Waals surface area contributed by atoms with Gasteiger partial charge in [0.1, 0.15) is 0 Å². The van der Waals surface area contributed by atoms with Gasteiger partial charge in [-0.25, -0.2) is 9.59 Å². The van der Waals surface area contributed by atoms with Gasteiger partial charge in [0.15, 0.2) is 5.11 Å². The number of halogens is 3. The summed E-state index contributed by atoms with van der Waals surface area (Å²) >= 11 is 5.26. The van der Waals surface area contributed by atoms with Crippen molar-refractivity contribution in [2.24, 2.45) is 0 Å². The van der Waals surface area contributed by atoms with E-state index in [-0.39, 0.29) is 6.61 Å². The molecule has 0 unspecified atom stereocenters. The minimum atomic E-state index is -4.37. The molecule has 1 aromatic rings. The lowest BCUT2D eigenvalue weighted by Crippen LogP contribution is -2.50. The van der Waals surface area contributed by atoms with Crippen LogP contribution in [-0.2, 0) is 15.8 Å². The maximum Gasteiger partial charge on any atom is 0.416 e. The zero-order chi connectivity index (χ0) is 21.3. The van der Waals surface area contributed by atoms with Gasteiger partial charge >= 0.3 is 18.1 Å². The molecule has 0 saturated carbocycles. The van der Waals surface area contributed by atoms with Crippen molar-refractivity contribution in [2.75, 3.05) is 44.6 Å². The number of nitrogens with one attached hydrogen (secondary N) is 1. The van der Waals surface area contributed by atoms with Gasteiger partial charge in [0, 0.05) is 38.4 Å². The number of carbonyl (C=O) groups is 2. The lowest BCUT2D eigenvalue weighted by Gasteiger charge is -2.35. The van der Waals surface area contributed by atoms with Crippen LogP contribution < -0.4 is 5.32 Å². The molecule has 1 aromatic carbocycles. The molecule has 4 N–H and O–H groups in total. The van der Waals surface area contributed by atoms with Crippen molar-refractivity contribution < 1.29 is 38.1 Å². The molecule has 0 amide bonds. The van der Waals surface area contributed by atoms with E-state index in [9.17, 15) is 13.2 Å². The third-order valence-electron chi connectivity index (χ3n) is 3.70. The molecule has 0 bridgehead atoms. The van der Waals surface area contributed by atoms with Crippen molar-refractivity contribution in [3.63, 3.8) is 0 Å². The molecular formula is C16H20F3N3O5S. The van der Waals surface area contributed by atoms with E-state index in [4.69, 9.17) is 37.1 Å². The predicted molar refractivity (Wildman–Crippen MR) is 98.0 cm³/mol. The van der Waals surface area contributed by atoms with Crippen LogP contribution in [0.2, 0.25) is 0 Å². The Hall–Kier alpha value is -2.44. The summed E-state index contributed by atoms with van der Waals surface area (Å²) in [4.78, 5) is 22.2. The quantitative estimate of drug-likeness (QED) is 0.420. The molecule has 0 spiro atoms. The van der Waals surface area contributed by atoms with E-state index < -0.39 is 23.7 Å². The van der Waals surface area contributed by atoms with E-state index in [0.717, 1.165) is 25.2 Å². The monoisotopic (exact) mass is 423 g/mol. The van der Waals surface area contributed by atoms with Crippen LogP contribution in [0, 0.1) is 0 Å². The molecule has 1 fully saturated rings. The van der Waals surface area contributed by atoms with Crippen molar-refractivity contribution in [3.05, 3.63) is 29.8 Å². The number of alkyl halides is 3. The van der Waals surface area contributed by atoms with Crippen LogP contribution >= 0.6 is 12.2 Å². The first kappa shape index (κ1) is 23.6. The van der Waals surface area contributed by atoms with Gasteiger partial charge in [-0.1, -0.05) is 6.07 Å². The highest BCUT2D eigenvalue weighted by Crippen LogP contribution is 2.30. The van der Waals surface area contributed by atoms with Crippen LogP contribution in [0.15, 0.2) is 24.3 Å². The third-order valence-corrected chi connectivity index (χ3v) is 4.06. The highest BCUT2D eigenvalue weighted by atomic mass is 32.1. The van der Waals surface area contributed by atoms with E-state index in [0.29, 0.717) is 30.4 Å². The van der Waals surface area contributed by atoms with Crippen LogP contribution in [0.1, 0.15) is 5.56 Å². The number of hydrogen-bond acceptors (Lipinski definition) is 5. The van der Waals surface area contributed by atoms with Crippen molar-refractivity contribution in [1.82, 2.24) is 9.80 Å². The van der Waals surface area contributed by atoms with Gasteiger partial charge in [-0.2, -0.15) is 13.2 Å². The molecule has 12 heteroatoms. The largest absolute Gasteiger partial charge is 0.473 e. The van der Waals surface area contributed by atoms with E-state index >= 15 is 0 Å². The summed E-state index contributed by atoms with van der Waals surface area (Å²) in [6.07, 6.45) is -4.37. The number of carboxylic acid groups (broad SMARTS) is 2. The topological polar surface area (TPSA) is 113 Å². The SMILES string of the molecule is O=C(O)C(=O)O.OCCN1CCN(C(=S)Nc2cccc(C(F)(F)F)c2)CC1. The first-order chi connectivity index (χ1) is 13.0. The number of rotatable bonds is 3. The van der Waals surface area contributed by atoms with Crippen molar-refractivity contribution in [1.29, 1.82) is 0 Å². The number of anilines is 1. The molecule has 0 aliphatic carbocycles. The summed E-state index contributed by atoms with van der Waals surface area (Å²) in [5.74, 6) is -3.65. The Kier molecular flexibility index (Phi) is 9.09. The zero-order valence-corrected chi connectivity index (χ0v) is 15.5. The number of benzene rings is 1. The van der Waals surface area contributed by atoms with Gasteiger partial charge in [0.2, 0.25) is 0 Å². The molecular weight excluding hydrogens is 403 g/mol. The highest BCUT2D eigenvalue weighted by molar-refractivity contribution is 7.80. The lowest BCUT2D eigenvalue weighted by atomic mass is 10.2. The molecule has 1 saturated heterocycles. The maximum absolute atomic E-state index is 12.7. The Morgan fingerprint density at radius 1 is 1.11 bits per heavy atom. The standard InChI is InChI=1S/C14H18F3N3OS.C2H2O4/c15-14(16,17)11-2-1-3-12(10-11)18-13(22)20-6-4-19(5-7-20)8-9-21;3-1(4)2(5)6/h1-3,10,21H,4-9H2,(H,18,22);(H,3,4)(H,5,6). The average molecular weight is 423 g/mol. The molecule has 0 aromatic heterocycles. The molecule has 2 rings (SSSR count). The van der Waals surface area contributed by atoms with Gasteiger partial charge in [-0.05, 0) is 30.4 Å². The van der Waals surface area contributed by atoms with Crippen LogP contribution in [0.4, 0.5) is 18.9 Å². The van der Waals surface area contributed by atoms with Crippen LogP contribution in [0.5, 0.6) is 0 Å². The summed E-state index contributed by atoms with van der Waals surface area (Å²) in [6.45, 7) is 3.65. The van der Waals surface area contributed by atoms with Gasteiger partial charge in [0.25, 0.3) is 0 Å². The van der Waals surface area contributed by atoms with Gasteiger partial charge in [0.05, 0.1) is 12.2 Å². The summed E-state index contributed by atoms with van der Waals surface area (Å²) in [6, 6.07) is 4.99. The molecule has 0 radical (unpaired) electrons. The van der Waals surface area contributed by atoms with Crippen molar-refractivity contribution in [2.45, 2.75) is 6.18 Å². The number of piperazine rings is 1. The average Bonchev–Trinajstić information content (AvgIpc) is 2.62. The van der Waals surface area contributed by atoms with E-state index in [1.54, 1.807) is 6.07 Å². The number of nitrogens with zero attached hydrogens (tertiary/aromatic N) is 2. The Bertz CT molecular complexity index is 682. The second kappa shape index (κ2) is 10.8. The fourth-order valence-electron chi connectivity index (χ4n) is 2.29. The Morgan fingerprint density at radius 3 is 2.14 bits per heavy atom. The van der Waals surface area contributed by atoms with E-state index in [1.165, 1.54) is 6.07 Å². The molecule has 0 atom stereocenters. The van der Waals surface area contributed by atoms with Crippen LogP contribution in [-0.4, -0.2) is 81.5 Å². The minimum Gasteiger partial charge on any atom is -0.473 e. The number of aliphatic carboxylic acids is 2. The lowest BCUT2D eigenvalue weighted by molar-refractivity contribution is -0.159. The Labute approximate surface area is 164 Å². The third kappa shape index (κ3) is 8.06. The zero-order valence-electron chi connectivity index (χ0n) is 14.6. The number of carboxylic acids is 2. The summed E-state index contributed by atoms with van der Waals surface area (Å²) < 4.78 is 38.0. The number of aliphatic hydroxyl groups excluding tert-OH is 1. The van der Waals surface area contributed by atoms with Crippen LogP contribution in [0.3, 0.4) is 0 Å². The number of β-amino-alcohol motifs (C(OH)–C–C–N with tert-alkyl or cyclic N) is 1. The second-order valence-electron chi connectivity index (χ2n) is 5.67. The van der Waals surface area contributed by atoms with Crippen molar-refractivity contribution >= 4 is 35.0 Å². The number of thiocarbonyl (C=S) groups is 1. The molecule has 156 valence electrons. The van der Waals surface area contributed by atoms with E-state index in [2.05, 4.69) is 10.2 Å². The molecule has 1 heterocycles. The second-order valence-corrected chi connectivity index (χ2v) is 6.06. The molecule has 28 heavy (non-hydrogen) atoms. The first-order valence-corrected chi connectivity index (χ1v) is 8.48. The van der Waals surface area contributed by atoms with Gasteiger partial charge in [-0.15, -0.1) is 0 Å². The first-order valence-electron chi connectivity index (χ1n) is 8.07. The Balaban J connectivity index is 0.000000568. The summed E-state index contributed by atoms with van der Waals surface area (Å²) in [7, 11) is 0. The molecule has 1 aliphatic heterocycles. The van der Waals surface area contributed by atoms with Gasteiger partial charge in [-0.3, -0.25) is 4.90 Å². The minimum absolute atomic E-state index is 0.118. The Morgan fingerprint density at radius 2 is 1.68 bits per heavy atom. The smallest absolute Gasteiger partial charge is 0.416 e. The highest BCUT2D eigenvalue weighted by Gasteiger charge is 2.30. The number of aliphatic hydroxyl groups is 1. The number of hydrogen-bond donors (Lipinski definition) is 4. The maximum atomic E-state index is 12.7. The normalized spacial score (nSPS) is 14.6. The predicted octanol–water partition coefficient (Wildman–Crippen LogP) is 1.17. The molecule has 1 aliphatic rings. The van der Waals surface area contributed by atoms with E-state index in [1.807, 2.05) is 4.90 Å².